The lowest BCUT2D eigenvalue weighted by Gasteiger charge is -2.45. The molecule has 2 aromatic heterocycles. The van der Waals surface area contributed by atoms with Crippen molar-refractivity contribution in [2.75, 3.05) is 19.6 Å². The summed E-state index contributed by atoms with van der Waals surface area (Å²) in [5.74, 6) is 1.52. The SMILES string of the molecule is CC1CC(C)CN(C(C)(C)CNC(=O)c2ccc(-c3ccco3)[nH]c2=O)C1. The van der Waals surface area contributed by atoms with E-state index in [0.29, 0.717) is 29.8 Å². The Labute approximate surface area is 160 Å². The maximum atomic E-state index is 12.5. The molecular formula is C21H29N3O3. The third-order valence-corrected chi connectivity index (χ3v) is 5.35. The van der Waals surface area contributed by atoms with Crippen molar-refractivity contribution >= 4 is 5.91 Å². The fourth-order valence-corrected chi connectivity index (χ4v) is 3.89. The van der Waals surface area contributed by atoms with Gasteiger partial charge in [-0.2, -0.15) is 0 Å². The molecule has 6 nitrogen and oxygen atoms in total. The number of piperidine rings is 1. The van der Waals surface area contributed by atoms with Crippen LogP contribution in [0.5, 0.6) is 0 Å². The summed E-state index contributed by atoms with van der Waals surface area (Å²) in [6.07, 6.45) is 2.79. The highest BCUT2D eigenvalue weighted by Crippen LogP contribution is 2.26. The Morgan fingerprint density at radius 3 is 2.56 bits per heavy atom. The molecule has 27 heavy (non-hydrogen) atoms. The van der Waals surface area contributed by atoms with Crippen molar-refractivity contribution in [2.45, 2.75) is 39.7 Å². The summed E-state index contributed by atoms with van der Waals surface area (Å²) >= 11 is 0. The van der Waals surface area contributed by atoms with Crippen LogP contribution in [-0.4, -0.2) is 41.0 Å². The molecule has 2 atom stereocenters. The van der Waals surface area contributed by atoms with Gasteiger partial charge in [-0.05, 0) is 56.4 Å². The van der Waals surface area contributed by atoms with Gasteiger partial charge in [0.2, 0.25) is 0 Å². The number of carbonyl (C=O) groups is 1. The zero-order valence-electron chi connectivity index (χ0n) is 16.5. The van der Waals surface area contributed by atoms with Gasteiger partial charge in [-0.25, -0.2) is 0 Å². The number of H-pyrrole nitrogens is 1. The molecule has 6 heteroatoms. The average Bonchev–Trinajstić information content (AvgIpc) is 3.13. The highest BCUT2D eigenvalue weighted by Gasteiger charge is 2.33. The van der Waals surface area contributed by atoms with Gasteiger partial charge < -0.3 is 14.7 Å². The molecule has 0 radical (unpaired) electrons. The molecule has 2 unspecified atom stereocenters. The molecule has 1 saturated heterocycles. The van der Waals surface area contributed by atoms with E-state index in [1.54, 1.807) is 30.5 Å². The molecule has 0 aromatic carbocycles. The molecule has 0 saturated carbocycles. The summed E-state index contributed by atoms with van der Waals surface area (Å²) in [5, 5.41) is 2.94. The summed E-state index contributed by atoms with van der Waals surface area (Å²) in [7, 11) is 0. The zero-order chi connectivity index (χ0) is 19.6. The lowest BCUT2D eigenvalue weighted by Crippen LogP contribution is -2.56. The average molecular weight is 371 g/mol. The Morgan fingerprint density at radius 1 is 1.26 bits per heavy atom. The number of furan rings is 1. The minimum Gasteiger partial charge on any atom is -0.463 e. The highest BCUT2D eigenvalue weighted by atomic mass is 16.3. The predicted octanol–water partition coefficient (Wildman–Crippen LogP) is 3.12. The molecule has 1 fully saturated rings. The summed E-state index contributed by atoms with van der Waals surface area (Å²) in [5.41, 5.74) is 0.0820. The van der Waals surface area contributed by atoms with Crippen LogP contribution in [0, 0.1) is 11.8 Å². The molecule has 146 valence electrons. The molecule has 3 rings (SSSR count). The number of rotatable bonds is 5. The quantitative estimate of drug-likeness (QED) is 0.846. The van der Waals surface area contributed by atoms with Crippen molar-refractivity contribution in [2.24, 2.45) is 11.8 Å². The molecule has 2 aromatic rings. The van der Waals surface area contributed by atoms with E-state index in [2.05, 4.69) is 42.9 Å². The normalized spacial score (nSPS) is 21.2. The number of hydrogen-bond acceptors (Lipinski definition) is 4. The highest BCUT2D eigenvalue weighted by molar-refractivity contribution is 5.94. The van der Waals surface area contributed by atoms with Crippen LogP contribution in [0.4, 0.5) is 0 Å². The van der Waals surface area contributed by atoms with Gasteiger partial charge in [0.25, 0.3) is 11.5 Å². The summed E-state index contributed by atoms with van der Waals surface area (Å²) in [4.78, 5) is 30.0. The lowest BCUT2D eigenvalue weighted by molar-refractivity contribution is 0.0445. The molecule has 1 amide bonds. The molecule has 0 spiro atoms. The number of nitrogens with one attached hydrogen (secondary N) is 2. The van der Waals surface area contributed by atoms with E-state index in [4.69, 9.17) is 4.42 Å². The monoisotopic (exact) mass is 371 g/mol. The van der Waals surface area contributed by atoms with Crippen molar-refractivity contribution in [1.82, 2.24) is 15.2 Å². The largest absolute Gasteiger partial charge is 0.463 e. The third-order valence-electron chi connectivity index (χ3n) is 5.35. The number of hydrogen-bond donors (Lipinski definition) is 2. The fourth-order valence-electron chi connectivity index (χ4n) is 3.89. The molecular weight excluding hydrogens is 342 g/mol. The molecule has 0 bridgehead atoms. The van der Waals surface area contributed by atoms with Gasteiger partial charge >= 0.3 is 0 Å². The van der Waals surface area contributed by atoms with Gasteiger partial charge in [0, 0.05) is 25.2 Å². The second kappa shape index (κ2) is 7.72. The number of aromatic nitrogens is 1. The number of aromatic amines is 1. The summed E-state index contributed by atoms with van der Waals surface area (Å²) in [6.45, 7) is 11.4. The van der Waals surface area contributed by atoms with E-state index in [1.165, 1.54) is 6.42 Å². The second-order valence-corrected chi connectivity index (χ2v) is 8.44. The molecule has 3 heterocycles. The van der Waals surface area contributed by atoms with Crippen LogP contribution in [0.15, 0.2) is 39.7 Å². The van der Waals surface area contributed by atoms with E-state index < -0.39 is 5.56 Å². The second-order valence-electron chi connectivity index (χ2n) is 8.44. The summed E-state index contributed by atoms with van der Waals surface area (Å²) < 4.78 is 5.28. The number of amides is 1. The minimum atomic E-state index is -0.417. The lowest BCUT2D eigenvalue weighted by atomic mass is 9.88. The van der Waals surface area contributed by atoms with Crippen molar-refractivity contribution in [1.29, 1.82) is 0 Å². The Balaban J connectivity index is 1.66. The van der Waals surface area contributed by atoms with Crippen LogP contribution in [-0.2, 0) is 0 Å². The van der Waals surface area contributed by atoms with Crippen LogP contribution in [0.2, 0.25) is 0 Å². The standard InChI is InChI=1S/C21H29N3O3/c1-14-10-15(2)12-24(11-14)21(3,4)13-22-19(25)16-7-8-17(23-20(16)26)18-6-5-9-27-18/h5-9,14-15H,10-13H2,1-4H3,(H,22,25)(H,23,26). The smallest absolute Gasteiger partial charge is 0.261 e. The van der Waals surface area contributed by atoms with Crippen LogP contribution in [0.3, 0.4) is 0 Å². The van der Waals surface area contributed by atoms with Crippen LogP contribution < -0.4 is 10.9 Å². The van der Waals surface area contributed by atoms with Crippen molar-refractivity contribution in [3.05, 3.63) is 46.4 Å². The van der Waals surface area contributed by atoms with E-state index in [1.807, 2.05) is 0 Å². The van der Waals surface area contributed by atoms with Crippen LogP contribution in [0.25, 0.3) is 11.5 Å². The Kier molecular flexibility index (Phi) is 5.56. The first-order valence-electron chi connectivity index (χ1n) is 9.56. The first-order valence-corrected chi connectivity index (χ1v) is 9.56. The fraction of sp³-hybridized carbons (Fsp3) is 0.524. The molecule has 1 aliphatic rings. The van der Waals surface area contributed by atoms with Crippen molar-refractivity contribution in [3.8, 4) is 11.5 Å². The van der Waals surface area contributed by atoms with Crippen LogP contribution in [0.1, 0.15) is 44.5 Å². The number of carbonyl (C=O) groups excluding carboxylic acids is 1. The Bertz CT molecular complexity index is 829. The number of pyridine rings is 1. The number of nitrogens with zero attached hydrogens (tertiary/aromatic N) is 1. The molecule has 2 N–H and O–H groups in total. The Hall–Kier alpha value is -2.34. The van der Waals surface area contributed by atoms with E-state index >= 15 is 0 Å². The van der Waals surface area contributed by atoms with Gasteiger partial charge in [-0.1, -0.05) is 13.8 Å². The predicted molar refractivity (Wildman–Crippen MR) is 106 cm³/mol. The van der Waals surface area contributed by atoms with Crippen LogP contribution >= 0.6 is 0 Å². The van der Waals surface area contributed by atoms with E-state index in [-0.39, 0.29) is 17.0 Å². The van der Waals surface area contributed by atoms with Gasteiger partial charge in [0.1, 0.15) is 11.3 Å². The first-order chi connectivity index (χ1) is 12.8. The maximum absolute atomic E-state index is 12.5. The van der Waals surface area contributed by atoms with Crippen molar-refractivity contribution in [3.63, 3.8) is 0 Å². The van der Waals surface area contributed by atoms with E-state index in [0.717, 1.165) is 13.1 Å². The summed E-state index contributed by atoms with van der Waals surface area (Å²) in [6, 6.07) is 6.74. The number of likely N-dealkylation sites (tertiary alicyclic amines) is 1. The van der Waals surface area contributed by atoms with Gasteiger partial charge in [-0.15, -0.1) is 0 Å². The first kappa shape index (κ1) is 19.4. The third kappa shape index (κ3) is 4.50. The Morgan fingerprint density at radius 2 is 1.96 bits per heavy atom. The van der Waals surface area contributed by atoms with Crippen molar-refractivity contribution < 1.29 is 9.21 Å². The van der Waals surface area contributed by atoms with Gasteiger partial charge in [0.05, 0.1) is 12.0 Å². The topological polar surface area (TPSA) is 78.3 Å². The van der Waals surface area contributed by atoms with E-state index in [9.17, 15) is 9.59 Å². The van der Waals surface area contributed by atoms with Gasteiger partial charge in [-0.3, -0.25) is 14.5 Å². The zero-order valence-corrected chi connectivity index (χ0v) is 16.5. The van der Waals surface area contributed by atoms with Gasteiger partial charge in [0.15, 0.2) is 0 Å². The maximum Gasteiger partial charge on any atom is 0.261 e. The minimum absolute atomic E-state index is 0.112. The molecule has 1 aliphatic heterocycles. The molecule has 0 aliphatic carbocycles.